The van der Waals surface area contributed by atoms with E-state index in [1.807, 2.05) is 36.8 Å². The number of hydrogen-bond donors (Lipinski definition) is 0. The smallest absolute Gasteiger partial charge is 0 e. The van der Waals surface area contributed by atoms with E-state index < -0.39 is 7.92 Å². The molecule has 0 N–H and O–H groups in total. The molecule has 0 aliphatic rings. The second kappa shape index (κ2) is 20.6. The molecule has 0 atom stereocenters. The van der Waals surface area contributed by atoms with Gasteiger partial charge >= 0.3 is 22.6 Å². The summed E-state index contributed by atoms with van der Waals surface area (Å²) < 4.78 is 15.0. The fourth-order valence-corrected chi connectivity index (χ4v) is 5.26. The first-order chi connectivity index (χ1) is 16.7. The van der Waals surface area contributed by atoms with Gasteiger partial charge in [0, 0.05) is 23.5 Å². The zero-order valence-corrected chi connectivity index (χ0v) is 21.2. The molecule has 4 aromatic carbocycles. The molecule has 0 aromatic heterocycles. The van der Waals surface area contributed by atoms with E-state index in [9.17, 15) is 5.11 Å². The second-order valence-corrected chi connectivity index (χ2v) is 8.92. The van der Waals surface area contributed by atoms with E-state index >= 15 is 0 Å². The maximum atomic E-state index is 10.5. The molecule has 0 unspecified atom stereocenters. The summed E-state index contributed by atoms with van der Waals surface area (Å²) in [5, 5.41) is 14.7. The Balaban J connectivity index is 0.000000623. The molecule has 0 bridgehead atoms. The van der Waals surface area contributed by atoms with Gasteiger partial charge in [-0.2, -0.15) is 0 Å². The van der Waals surface area contributed by atoms with Crippen molar-refractivity contribution in [1.82, 2.24) is 0 Å². The minimum atomic E-state index is -0.446. The summed E-state index contributed by atoms with van der Waals surface area (Å²) in [6.45, 7) is 10.5. The molecular formula is C30H25FeO3P. The molecule has 4 radical (unpaired) electrons. The van der Waals surface area contributed by atoms with Crippen molar-refractivity contribution < 1.29 is 31.5 Å². The molecule has 0 saturated carbocycles. The van der Waals surface area contributed by atoms with Gasteiger partial charge in [-0.1, -0.05) is 121 Å². The van der Waals surface area contributed by atoms with E-state index in [1.165, 1.54) is 15.9 Å². The Morgan fingerprint density at radius 2 is 0.886 bits per heavy atom. The molecular weight excluding hydrogens is 495 g/mol. The second-order valence-electron chi connectivity index (χ2n) is 6.70. The van der Waals surface area contributed by atoms with Crippen LogP contribution in [-0.4, -0.2) is 0 Å². The monoisotopic (exact) mass is 520 g/mol. The molecule has 0 aliphatic carbocycles. The first-order valence-corrected chi connectivity index (χ1v) is 11.7. The molecule has 35 heavy (non-hydrogen) atoms. The van der Waals surface area contributed by atoms with Crippen LogP contribution in [0.4, 0.5) is 0 Å². The van der Waals surface area contributed by atoms with Crippen molar-refractivity contribution in [3.05, 3.63) is 159 Å². The van der Waals surface area contributed by atoms with Crippen LogP contribution >= 0.6 is 7.92 Å². The first-order valence-electron chi connectivity index (χ1n) is 10.3. The quantitative estimate of drug-likeness (QED) is 0.134. The molecule has 5 heteroatoms. The molecule has 0 saturated heterocycles. The molecule has 4 rings (SSSR count). The summed E-state index contributed by atoms with van der Waals surface area (Å²) in [5.41, 5.74) is 1.06. The third kappa shape index (κ3) is 12.5. The minimum absolute atomic E-state index is 0. The molecule has 0 spiro atoms. The number of hydrogen-bond acceptors (Lipinski definition) is 0. The molecule has 0 aliphatic heterocycles. The Morgan fingerprint density at radius 1 is 0.600 bits per heavy atom. The van der Waals surface area contributed by atoms with Crippen LogP contribution in [0.25, 0.3) is 0 Å². The molecule has 176 valence electrons. The van der Waals surface area contributed by atoms with Crippen LogP contribution < -0.4 is 15.9 Å². The van der Waals surface area contributed by atoms with Crippen LogP contribution in [0.5, 0.6) is 0 Å². The molecule has 0 amide bonds. The van der Waals surface area contributed by atoms with Crippen LogP contribution in [0, 0.1) is 32.2 Å². The maximum Gasteiger partial charge on any atom is 0 e. The molecule has 0 heterocycles. The van der Waals surface area contributed by atoms with Crippen LogP contribution in [-0.2, 0) is 31.5 Å². The van der Waals surface area contributed by atoms with Crippen LogP contribution in [0.15, 0.2) is 121 Å². The van der Waals surface area contributed by atoms with Crippen molar-refractivity contribution >= 4 is 23.8 Å². The third-order valence-corrected chi connectivity index (χ3v) is 6.80. The minimum Gasteiger partial charge on any atom is -0.0622 e. The van der Waals surface area contributed by atoms with Gasteiger partial charge in [0.25, 0.3) is 0 Å². The SMILES string of the molecule is C[C]([O])[CH][CH]c1ccccc1.[C-]#[O+].[C-]#[O+].[Fe].c1ccc(P(c2ccccc2)c2ccccc2)cc1. The fourth-order valence-electron chi connectivity index (χ4n) is 2.96. The van der Waals surface area contributed by atoms with Crippen LogP contribution in [0.2, 0.25) is 0 Å². The van der Waals surface area contributed by atoms with Gasteiger partial charge in [-0.05, 0) is 42.7 Å². The van der Waals surface area contributed by atoms with Gasteiger partial charge in [0.2, 0.25) is 0 Å². The van der Waals surface area contributed by atoms with Gasteiger partial charge in [-0.25, -0.2) is 5.11 Å². The van der Waals surface area contributed by atoms with Gasteiger partial charge < -0.3 is 0 Å². The Kier molecular flexibility index (Phi) is 19.0. The van der Waals surface area contributed by atoms with Crippen molar-refractivity contribution in [2.24, 2.45) is 0 Å². The summed E-state index contributed by atoms with van der Waals surface area (Å²) in [7, 11) is -0.446. The molecule has 3 nitrogen and oxygen atoms in total. The number of benzene rings is 4. The van der Waals surface area contributed by atoms with Crippen molar-refractivity contribution in [2.75, 3.05) is 0 Å². The van der Waals surface area contributed by atoms with Crippen molar-refractivity contribution in [2.45, 2.75) is 6.92 Å². The average molecular weight is 520 g/mol. The molecule has 0 fully saturated rings. The average Bonchev–Trinajstić information content (AvgIpc) is 2.93. The Morgan fingerprint density at radius 3 is 1.17 bits per heavy atom. The van der Waals surface area contributed by atoms with Crippen molar-refractivity contribution in [1.29, 1.82) is 0 Å². The Labute approximate surface area is 220 Å². The number of rotatable bonds is 6. The van der Waals surface area contributed by atoms with Gasteiger partial charge in [0.1, 0.15) is 6.10 Å². The van der Waals surface area contributed by atoms with E-state index in [-0.39, 0.29) is 23.2 Å². The Hall–Kier alpha value is -2.73. The standard InChI is InChI=1S/C18H15P.C10H10O.2CO.Fe/c1-4-10-16(11-5-1)19(17-12-6-2-7-13-17)18-14-8-3-9-15-18;1-9(11)7-8-10-5-3-2-4-6-10;2*1-2;/h1-15H;2-8H,1H3;;;. The summed E-state index contributed by atoms with van der Waals surface area (Å²) in [4.78, 5) is 0. The van der Waals surface area contributed by atoms with E-state index in [4.69, 9.17) is 9.30 Å². The van der Waals surface area contributed by atoms with Gasteiger partial charge in [-0.3, -0.25) is 0 Å². The van der Waals surface area contributed by atoms with Crippen molar-refractivity contribution in [3.8, 4) is 0 Å². The molecule has 4 aromatic rings. The van der Waals surface area contributed by atoms with Crippen LogP contribution in [0.1, 0.15) is 12.5 Å². The van der Waals surface area contributed by atoms with E-state index in [0.29, 0.717) is 0 Å². The maximum absolute atomic E-state index is 10.5. The van der Waals surface area contributed by atoms with Crippen LogP contribution in [0.3, 0.4) is 0 Å². The zero-order valence-electron chi connectivity index (χ0n) is 19.2. The Bertz CT molecular complexity index is 954. The summed E-state index contributed by atoms with van der Waals surface area (Å²) in [5.74, 6) is 0. The van der Waals surface area contributed by atoms with Gasteiger partial charge in [-0.15, -0.1) is 0 Å². The predicted octanol–water partition coefficient (Wildman–Crippen LogP) is 5.79. The zero-order chi connectivity index (χ0) is 25.0. The van der Waals surface area contributed by atoms with E-state index in [0.717, 1.165) is 5.56 Å². The summed E-state index contributed by atoms with van der Waals surface area (Å²) in [6, 6.07) is 42.1. The first kappa shape index (κ1) is 32.3. The largest absolute Gasteiger partial charge is 0.0622 e. The topological polar surface area (TPSA) is 59.7 Å². The normalized spacial score (nSPS) is 9.14. The summed E-state index contributed by atoms with van der Waals surface area (Å²) in [6.07, 6.45) is 3.45. The van der Waals surface area contributed by atoms with E-state index in [2.05, 4.69) is 104 Å². The van der Waals surface area contributed by atoms with Gasteiger partial charge in [0.15, 0.2) is 0 Å². The van der Waals surface area contributed by atoms with E-state index in [1.54, 1.807) is 13.3 Å². The van der Waals surface area contributed by atoms with Crippen molar-refractivity contribution in [3.63, 3.8) is 0 Å². The fraction of sp³-hybridized carbons (Fsp3) is 0.0333. The van der Waals surface area contributed by atoms with Gasteiger partial charge in [0.05, 0.1) is 0 Å². The summed E-state index contributed by atoms with van der Waals surface area (Å²) >= 11 is 0. The predicted molar refractivity (Wildman–Crippen MR) is 137 cm³/mol. The third-order valence-electron chi connectivity index (χ3n) is 4.35.